The molecule has 2 amide bonds. The Bertz CT molecular complexity index is 885. The Labute approximate surface area is 152 Å². The van der Waals surface area contributed by atoms with Crippen molar-refractivity contribution in [3.63, 3.8) is 0 Å². The highest BCUT2D eigenvalue weighted by molar-refractivity contribution is 6.36. The summed E-state index contributed by atoms with van der Waals surface area (Å²) in [4.78, 5) is 27.1. The van der Waals surface area contributed by atoms with Crippen molar-refractivity contribution in [1.29, 1.82) is 0 Å². The minimum atomic E-state index is -0.414. The smallest absolute Gasteiger partial charge is 0.278 e. The number of benzene rings is 2. The van der Waals surface area contributed by atoms with Crippen molar-refractivity contribution in [3.8, 4) is 0 Å². The first-order valence-electron chi connectivity index (χ1n) is 8.57. The van der Waals surface area contributed by atoms with E-state index in [1.165, 1.54) is 17.0 Å². The second kappa shape index (κ2) is 7.12. The fourth-order valence-corrected chi connectivity index (χ4v) is 2.92. The normalized spacial score (nSPS) is 14.6. The predicted octanol–water partition coefficient (Wildman–Crippen LogP) is 3.98. The fourth-order valence-electron chi connectivity index (χ4n) is 2.92. The average molecular weight is 352 g/mol. The molecule has 1 heterocycles. The molecule has 0 radical (unpaired) electrons. The fraction of sp³-hybridized carbons (Fsp3) is 0.238. The molecule has 0 aliphatic carbocycles. The first-order chi connectivity index (χ1) is 12.4. The van der Waals surface area contributed by atoms with Gasteiger partial charge in [-0.3, -0.25) is 14.5 Å². The number of amides is 2. The Morgan fingerprint density at radius 1 is 1.04 bits per heavy atom. The SMILES string of the molecule is Cc1ccc(C2=C(Nc3cccc(F)c3)C(=O)N(CC(C)C)C2=O)cc1. The van der Waals surface area contributed by atoms with E-state index in [2.05, 4.69) is 5.32 Å². The van der Waals surface area contributed by atoms with Crippen molar-refractivity contribution in [2.75, 3.05) is 11.9 Å². The number of anilines is 1. The number of hydrogen-bond acceptors (Lipinski definition) is 3. The molecule has 0 aromatic heterocycles. The summed E-state index contributed by atoms with van der Waals surface area (Å²) in [6.07, 6.45) is 0. The van der Waals surface area contributed by atoms with Gasteiger partial charge in [0.1, 0.15) is 11.5 Å². The van der Waals surface area contributed by atoms with E-state index in [9.17, 15) is 14.0 Å². The van der Waals surface area contributed by atoms with Crippen molar-refractivity contribution < 1.29 is 14.0 Å². The van der Waals surface area contributed by atoms with Gasteiger partial charge < -0.3 is 5.32 Å². The van der Waals surface area contributed by atoms with Crippen LogP contribution >= 0.6 is 0 Å². The number of carbonyl (C=O) groups is 2. The number of nitrogens with one attached hydrogen (secondary N) is 1. The maximum Gasteiger partial charge on any atom is 0.278 e. The minimum absolute atomic E-state index is 0.149. The highest BCUT2D eigenvalue weighted by Crippen LogP contribution is 2.31. The molecule has 134 valence electrons. The van der Waals surface area contributed by atoms with Crippen LogP contribution in [0.3, 0.4) is 0 Å². The molecular weight excluding hydrogens is 331 g/mol. The summed E-state index contributed by atoms with van der Waals surface area (Å²) in [5.41, 5.74) is 2.66. The molecule has 2 aromatic rings. The second-order valence-corrected chi connectivity index (χ2v) is 6.87. The summed E-state index contributed by atoms with van der Waals surface area (Å²) < 4.78 is 13.5. The second-order valence-electron chi connectivity index (χ2n) is 6.87. The zero-order valence-electron chi connectivity index (χ0n) is 15.0. The Morgan fingerprint density at radius 3 is 2.35 bits per heavy atom. The van der Waals surface area contributed by atoms with Gasteiger partial charge in [-0.1, -0.05) is 49.7 Å². The molecule has 0 unspecified atom stereocenters. The summed E-state index contributed by atoms with van der Waals surface area (Å²) in [6.45, 7) is 6.19. The number of rotatable bonds is 5. The summed E-state index contributed by atoms with van der Waals surface area (Å²) >= 11 is 0. The topological polar surface area (TPSA) is 49.4 Å². The highest BCUT2D eigenvalue weighted by atomic mass is 19.1. The molecule has 0 fully saturated rings. The lowest BCUT2D eigenvalue weighted by Crippen LogP contribution is -2.35. The van der Waals surface area contributed by atoms with Gasteiger partial charge in [-0.2, -0.15) is 0 Å². The van der Waals surface area contributed by atoms with Crippen LogP contribution in [0.15, 0.2) is 54.2 Å². The van der Waals surface area contributed by atoms with Crippen LogP contribution in [-0.2, 0) is 9.59 Å². The molecule has 0 spiro atoms. The maximum atomic E-state index is 13.5. The van der Waals surface area contributed by atoms with Crippen LogP contribution in [0.5, 0.6) is 0 Å². The van der Waals surface area contributed by atoms with Crippen LogP contribution in [0, 0.1) is 18.7 Å². The lowest BCUT2D eigenvalue weighted by atomic mass is 10.0. The number of hydrogen-bond donors (Lipinski definition) is 1. The Morgan fingerprint density at radius 2 is 1.73 bits per heavy atom. The van der Waals surface area contributed by atoms with E-state index in [0.29, 0.717) is 23.4 Å². The Hall–Kier alpha value is -2.95. The molecule has 26 heavy (non-hydrogen) atoms. The molecule has 5 heteroatoms. The number of carbonyl (C=O) groups excluding carboxylic acids is 2. The molecule has 4 nitrogen and oxygen atoms in total. The summed E-state index contributed by atoms with van der Waals surface area (Å²) in [5.74, 6) is -0.978. The van der Waals surface area contributed by atoms with Gasteiger partial charge in [0.15, 0.2) is 0 Å². The molecule has 0 saturated carbocycles. The van der Waals surface area contributed by atoms with Gasteiger partial charge in [-0.15, -0.1) is 0 Å². The van der Waals surface area contributed by atoms with Gasteiger partial charge in [0, 0.05) is 12.2 Å². The van der Waals surface area contributed by atoms with Crippen LogP contribution in [0.2, 0.25) is 0 Å². The number of halogens is 1. The van der Waals surface area contributed by atoms with Gasteiger partial charge in [0.2, 0.25) is 0 Å². The maximum absolute atomic E-state index is 13.5. The van der Waals surface area contributed by atoms with Crippen molar-refractivity contribution in [2.45, 2.75) is 20.8 Å². The quantitative estimate of drug-likeness (QED) is 0.828. The zero-order chi connectivity index (χ0) is 18.8. The summed E-state index contributed by atoms with van der Waals surface area (Å²) in [7, 11) is 0. The van der Waals surface area contributed by atoms with E-state index < -0.39 is 5.82 Å². The first kappa shape index (κ1) is 17.9. The summed E-state index contributed by atoms with van der Waals surface area (Å²) in [6, 6.07) is 13.3. The third kappa shape index (κ3) is 3.52. The largest absolute Gasteiger partial charge is 0.350 e. The standard InChI is InChI=1S/C21H21FN2O2/c1-13(2)12-24-20(25)18(15-9-7-14(3)8-10-15)19(21(24)26)23-17-6-4-5-16(22)11-17/h4-11,13,23H,12H2,1-3H3. The molecule has 1 aliphatic rings. The Balaban J connectivity index is 2.06. The van der Waals surface area contributed by atoms with E-state index in [-0.39, 0.29) is 23.4 Å². The Kier molecular flexibility index (Phi) is 4.89. The van der Waals surface area contributed by atoms with E-state index in [1.807, 2.05) is 45.0 Å². The van der Waals surface area contributed by atoms with Crippen molar-refractivity contribution in [3.05, 3.63) is 71.2 Å². The van der Waals surface area contributed by atoms with Gasteiger partial charge in [0.25, 0.3) is 11.8 Å². The van der Waals surface area contributed by atoms with Gasteiger partial charge >= 0.3 is 0 Å². The molecule has 3 rings (SSSR count). The highest BCUT2D eigenvalue weighted by Gasteiger charge is 2.39. The lowest BCUT2D eigenvalue weighted by molar-refractivity contribution is -0.137. The van der Waals surface area contributed by atoms with Crippen LogP contribution < -0.4 is 5.32 Å². The summed E-state index contributed by atoms with van der Waals surface area (Å²) in [5, 5.41) is 2.96. The molecule has 1 aliphatic heterocycles. The monoisotopic (exact) mass is 352 g/mol. The molecular formula is C21H21FN2O2. The average Bonchev–Trinajstić information content (AvgIpc) is 2.80. The lowest BCUT2D eigenvalue weighted by Gasteiger charge is -2.17. The van der Waals surface area contributed by atoms with Crippen LogP contribution in [0.25, 0.3) is 5.57 Å². The van der Waals surface area contributed by atoms with E-state index in [4.69, 9.17) is 0 Å². The number of nitrogens with zero attached hydrogens (tertiary/aromatic N) is 1. The number of aryl methyl sites for hydroxylation is 1. The molecule has 2 aromatic carbocycles. The van der Waals surface area contributed by atoms with Crippen molar-refractivity contribution >= 4 is 23.1 Å². The minimum Gasteiger partial charge on any atom is -0.350 e. The van der Waals surface area contributed by atoms with Crippen LogP contribution in [0.1, 0.15) is 25.0 Å². The predicted molar refractivity (Wildman–Crippen MR) is 99.7 cm³/mol. The van der Waals surface area contributed by atoms with Gasteiger partial charge in [0.05, 0.1) is 5.57 Å². The third-order valence-corrected chi connectivity index (χ3v) is 4.15. The van der Waals surface area contributed by atoms with E-state index in [1.54, 1.807) is 12.1 Å². The molecule has 0 bridgehead atoms. The van der Waals surface area contributed by atoms with Crippen LogP contribution in [-0.4, -0.2) is 23.3 Å². The van der Waals surface area contributed by atoms with E-state index >= 15 is 0 Å². The number of imide groups is 1. The van der Waals surface area contributed by atoms with Crippen molar-refractivity contribution in [2.24, 2.45) is 5.92 Å². The van der Waals surface area contributed by atoms with Crippen LogP contribution in [0.4, 0.5) is 10.1 Å². The molecule has 0 saturated heterocycles. The van der Waals surface area contributed by atoms with Gasteiger partial charge in [-0.05, 0) is 36.6 Å². The van der Waals surface area contributed by atoms with E-state index in [0.717, 1.165) is 5.56 Å². The third-order valence-electron chi connectivity index (χ3n) is 4.15. The molecule has 0 atom stereocenters. The van der Waals surface area contributed by atoms with Crippen molar-refractivity contribution in [1.82, 2.24) is 4.90 Å². The molecule has 1 N–H and O–H groups in total. The zero-order valence-corrected chi connectivity index (χ0v) is 15.0. The van der Waals surface area contributed by atoms with Gasteiger partial charge in [-0.25, -0.2) is 4.39 Å². The first-order valence-corrected chi connectivity index (χ1v) is 8.57.